The molecule has 3 rings (SSSR count). The maximum Gasteiger partial charge on any atom is 0.128 e. The van der Waals surface area contributed by atoms with E-state index in [4.69, 9.17) is 4.74 Å². The lowest BCUT2D eigenvalue weighted by Crippen LogP contribution is -2.06. The van der Waals surface area contributed by atoms with E-state index in [2.05, 4.69) is 10.3 Å². The molecule has 0 fully saturated rings. The van der Waals surface area contributed by atoms with Gasteiger partial charge in [0, 0.05) is 11.1 Å². The summed E-state index contributed by atoms with van der Waals surface area (Å²) in [6, 6.07) is 13.9. The number of hydrogen-bond donors (Lipinski definition) is 1. The minimum atomic E-state index is -0.301. The van der Waals surface area contributed by atoms with Gasteiger partial charge in [-0.2, -0.15) is 0 Å². The van der Waals surface area contributed by atoms with Gasteiger partial charge in [0.1, 0.15) is 17.3 Å². The summed E-state index contributed by atoms with van der Waals surface area (Å²) in [6.45, 7) is -0.0178. The molecule has 0 spiro atoms. The van der Waals surface area contributed by atoms with E-state index in [1.54, 1.807) is 30.0 Å². The maximum absolute atomic E-state index is 13.9. The van der Waals surface area contributed by atoms with Gasteiger partial charge in [0.05, 0.1) is 26.0 Å². The topological polar surface area (TPSA) is 60.2 Å². The SMILES string of the molecule is COc1cccc(-c2c(CO)nnn2Cc2ccccc2F)c1. The van der Waals surface area contributed by atoms with Crippen LogP contribution in [0.15, 0.2) is 48.5 Å². The summed E-state index contributed by atoms with van der Waals surface area (Å²) in [7, 11) is 1.58. The van der Waals surface area contributed by atoms with Crippen LogP contribution in [0.4, 0.5) is 4.39 Å². The van der Waals surface area contributed by atoms with E-state index in [-0.39, 0.29) is 19.0 Å². The molecule has 0 radical (unpaired) electrons. The summed E-state index contributed by atoms with van der Waals surface area (Å²) < 4.78 is 20.7. The lowest BCUT2D eigenvalue weighted by molar-refractivity contribution is 0.277. The number of rotatable bonds is 5. The van der Waals surface area contributed by atoms with Crippen molar-refractivity contribution in [2.24, 2.45) is 0 Å². The molecular weight excluding hydrogens is 297 g/mol. The normalized spacial score (nSPS) is 10.7. The highest BCUT2D eigenvalue weighted by Gasteiger charge is 2.16. The molecule has 0 aliphatic carbocycles. The highest BCUT2D eigenvalue weighted by Crippen LogP contribution is 2.27. The Labute approximate surface area is 133 Å². The number of benzene rings is 2. The number of aromatic nitrogens is 3. The maximum atomic E-state index is 13.9. The first kappa shape index (κ1) is 15.2. The predicted octanol–water partition coefficient (Wildman–Crippen LogP) is 2.63. The van der Waals surface area contributed by atoms with Crippen LogP contribution in [0.2, 0.25) is 0 Å². The zero-order chi connectivity index (χ0) is 16.2. The van der Waals surface area contributed by atoms with Crippen molar-refractivity contribution in [1.82, 2.24) is 15.0 Å². The Bertz CT molecular complexity index is 817. The Balaban J connectivity index is 2.05. The highest BCUT2D eigenvalue weighted by atomic mass is 19.1. The molecule has 118 valence electrons. The van der Waals surface area contributed by atoms with Gasteiger partial charge >= 0.3 is 0 Å². The van der Waals surface area contributed by atoms with Crippen molar-refractivity contribution in [1.29, 1.82) is 0 Å². The first-order valence-electron chi connectivity index (χ1n) is 7.14. The molecule has 0 saturated heterocycles. The molecule has 0 amide bonds. The van der Waals surface area contributed by atoms with Gasteiger partial charge in [0.25, 0.3) is 0 Å². The molecule has 3 aromatic rings. The third-order valence-corrected chi connectivity index (χ3v) is 3.58. The molecule has 1 heterocycles. The van der Waals surface area contributed by atoms with Gasteiger partial charge in [-0.05, 0) is 18.2 Å². The van der Waals surface area contributed by atoms with E-state index < -0.39 is 0 Å². The summed E-state index contributed by atoms with van der Waals surface area (Å²) in [5, 5.41) is 17.6. The van der Waals surface area contributed by atoms with Crippen LogP contribution in [0.25, 0.3) is 11.3 Å². The fourth-order valence-electron chi connectivity index (χ4n) is 2.44. The second kappa shape index (κ2) is 6.58. The second-order valence-corrected chi connectivity index (χ2v) is 5.02. The predicted molar refractivity (Wildman–Crippen MR) is 83.4 cm³/mol. The molecule has 23 heavy (non-hydrogen) atoms. The van der Waals surface area contributed by atoms with Crippen LogP contribution < -0.4 is 4.74 Å². The third-order valence-electron chi connectivity index (χ3n) is 3.58. The number of ether oxygens (including phenoxy) is 1. The minimum absolute atomic E-state index is 0.228. The molecule has 1 N–H and O–H groups in total. The molecule has 6 heteroatoms. The van der Waals surface area contributed by atoms with Crippen molar-refractivity contribution in [2.45, 2.75) is 13.2 Å². The molecule has 5 nitrogen and oxygen atoms in total. The fraction of sp³-hybridized carbons (Fsp3) is 0.176. The van der Waals surface area contributed by atoms with Crippen molar-refractivity contribution in [3.05, 3.63) is 65.6 Å². The van der Waals surface area contributed by atoms with Gasteiger partial charge in [-0.3, -0.25) is 0 Å². The Hall–Kier alpha value is -2.73. The lowest BCUT2D eigenvalue weighted by atomic mass is 10.1. The summed E-state index contributed by atoms with van der Waals surface area (Å²) in [6.07, 6.45) is 0. The van der Waals surface area contributed by atoms with E-state index in [0.29, 0.717) is 22.7 Å². The lowest BCUT2D eigenvalue weighted by Gasteiger charge is -2.10. The summed E-state index contributed by atoms with van der Waals surface area (Å²) in [5.41, 5.74) is 2.39. The van der Waals surface area contributed by atoms with Crippen molar-refractivity contribution < 1.29 is 14.2 Å². The Kier molecular flexibility index (Phi) is 4.34. The summed E-state index contributed by atoms with van der Waals surface area (Å²) in [4.78, 5) is 0. The first-order chi connectivity index (χ1) is 11.2. The quantitative estimate of drug-likeness (QED) is 0.786. The number of methoxy groups -OCH3 is 1. The Morgan fingerprint density at radius 1 is 1.17 bits per heavy atom. The second-order valence-electron chi connectivity index (χ2n) is 5.02. The van der Waals surface area contributed by atoms with Gasteiger partial charge in [-0.25, -0.2) is 9.07 Å². The summed E-state index contributed by atoms with van der Waals surface area (Å²) in [5.74, 6) is 0.384. The number of halogens is 1. The molecule has 0 bridgehead atoms. The molecule has 0 saturated carbocycles. The van der Waals surface area contributed by atoms with Gasteiger partial charge < -0.3 is 9.84 Å². The minimum Gasteiger partial charge on any atom is -0.497 e. The molecule has 0 aliphatic heterocycles. The molecule has 0 atom stereocenters. The van der Waals surface area contributed by atoms with E-state index in [0.717, 1.165) is 5.56 Å². The van der Waals surface area contributed by atoms with Crippen molar-refractivity contribution in [3.8, 4) is 17.0 Å². The van der Waals surface area contributed by atoms with Crippen molar-refractivity contribution >= 4 is 0 Å². The van der Waals surface area contributed by atoms with Gasteiger partial charge in [-0.15, -0.1) is 5.10 Å². The zero-order valence-corrected chi connectivity index (χ0v) is 12.6. The van der Waals surface area contributed by atoms with Crippen LogP contribution in [0.5, 0.6) is 5.75 Å². The molecule has 0 unspecified atom stereocenters. The van der Waals surface area contributed by atoms with Crippen LogP contribution in [0, 0.1) is 5.82 Å². The van der Waals surface area contributed by atoms with Crippen LogP contribution in [-0.4, -0.2) is 27.2 Å². The Morgan fingerprint density at radius 2 is 2.00 bits per heavy atom. The van der Waals surface area contributed by atoms with Crippen molar-refractivity contribution in [2.75, 3.05) is 7.11 Å². The van der Waals surface area contributed by atoms with Gasteiger partial charge in [0.15, 0.2) is 0 Å². The third kappa shape index (κ3) is 3.07. The number of aliphatic hydroxyl groups is 1. The number of hydrogen-bond acceptors (Lipinski definition) is 4. The largest absolute Gasteiger partial charge is 0.497 e. The average Bonchev–Trinajstić information content (AvgIpc) is 2.99. The van der Waals surface area contributed by atoms with Crippen LogP contribution in [-0.2, 0) is 13.2 Å². The van der Waals surface area contributed by atoms with Crippen LogP contribution in [0.1, 0.15) is 11.3 Å². The smallest absolute Gasteiger partial charge is 0.128 e. The van der Waals surface area contributed by atoms with Crippen LogP contribution in [0.3, 0.4) is 0 Å². The van der Waals surface area contributed by atoms with E-state index in [9.17, 15) is 9.50 Å². The fourth-order valence-corrected chi connectivity index (χ4v) is 2.44. The van der Waals surface area contributed by atoms with E-state index in [1.807, 2.05) is 24.3 Å². The highest BCUT2D eigenvalue weighted by molar-refractivity contribution is 5.63. The molecule has 2 aromatic carbocycles. The Morgan fingerprint density at radius 3 is 2.74 bits per heavy atom. The monoisotopic (exact) mass is 313 g/mol. The van der Waals surface area contributed by atoms with Gasteiger partial charge in [-0.1, -0.05) is 35.5 Å². The van der Waals surface area contributed by atoms with Crippen molar-refractivity contribution in [3.63, 3.8) is 0 Å². The number of nitrogens with zero attached hydrogens (tertiary/aromatic N) is 3. The van der Waals surface area contributed by atoms with Crippen LogP contribution >= 0.6 is 0 Å². The molecule has 1 aromatic heterocycles. The zero-order valence-electron chi connectivity index (χ0n) is 12.6. The summed E-state index contributed by atoms with van der Waals surface area (Å²) >= 11 is 0. The van der Waals surface area contributed by atoms with E-state index in [1.165, 1.54) is 6.07 Å². The molecular formula is C17H16FN3O2. The number of aliphatic hydroxyl groups excluding tert-OH is 1. The molecule has 0 aliphatic rings. The average molecular weight is 313 g/mol. The first-order valence-corrected chi connectivity index (χ1v) is 7.14. The van der Waals surface area contributed by atoms with Gasteiger partial charge in [0.2, 0.25) is 0 Å². The standard InChI is InChI=1S/C17H16FN3O2/c1-23-14-7-4-6-12(9-14)17-16(11-22)19-20-21(17)10-13-5-2-3-8-15(13)18/h2-9,22H,10-11H2,1H3. The van der Waals surface area contributed by atoms with E-state index >= 15 is 0 Å².